The van der Waals surface area contributed by atoms with Crippen molar-refractivity contribution in [2.24, 2.45) is 5.73 Å². The highest BCUT2D eigenvalue weighted by Crippen LogP contribution is 2.28. The first-order valence-electron chi connectivity index (χ1n) is 12.4. The summed E-state index contributed by atoms with van der Waals surface area (Å²) in [4.78, 5) is 82.7. The molecular weight excluding hydrogens is 576 g/mol. The topological polar surface area (TPSA) is 241 Å². The fourth-order valence-corrected chi connectivity index (χ4v) is 4.64. The quantitative estimate of drug-likeness (QED) is 0.0573. The maximum Gasteiger partial charge on any atom is 0.303 e. The number of carbonyl (C=O) groups excluding carboxylic acids is 4. The number of non-ortho nitro benzene ring substituents is 1. The van der Waals surface area contributed by atoms with E-state index in [-0.39, 0.29) is 35.6 Å². The normalized spacial score (nSPS) is 18.9. The summed E-state index contributed by atoms with van der Waals surface area (Å²) in [6, 6.07) is -0.406. The van der Waals surface area contributed by atoms with Crippen LogP contribution in [-0.4, -0.2) is 70.1 Å². The Kier molecular flexibility index (Phi) is 13.6. The second-order valence-electron chi connectivity index (χ2n) is 8.66. The van der Waals surface area contributed by atoms with Crippen LogP contribution in [0.1, 0.15) is 42.5 Å². The number of thioether (sulfide) groups is 1. The van der Waals surface area contributed by atoms with Crippen molar-refractivity contribution in [2.75, 3.05) is 12.3 Å². The summed E-state index contributed by atoms with van der Waals surface area (Å²) in [7, 11) is 0. The van der Waals surface area contributed by atoms with Gasteiger partial charge in [0.2, 0.25) is 17.7 Å². The highest BCUT2D eigenvalue weighted by molar-refractivity contribution is 7.99. The lowest BCUT2D eigenvalue weighted by Crippen LogP contribution is -2.56. The van der Waals surface area contributed by atoms with Crippen molar-refractivity contribution >= 4 is 47.0 Å². The van der Waals surface area contributed by atoms with Gasteiger partial charge in [0.15, 0.2) is 6.11 Å². The fourth-order valence-electron chi connectivity index (χ4n) is 3.58. The van der Waals surface area contributed by atoms with Crippen LogP contribution in [-0.2, 0) is 29.1 Å². The Morgan fingerprint density at radius 1 is 1.17 bits per heavy atom. The number of rotatable bonds is 12. The predicted octanol–water partition coefficient (Wildman–Crippen LogP) is -0.664. The SMILES string of the molecule is C#CC#COONCCCCC1NC(=O)C(CCC(=O)O)NC(=O)c2cc([N+](=O)[O-])ccc2SC[C@@H](C(N)=O)NC1=O. The monoisotopic (exact) mass is 604 g/mol. The number of aliphatic carboxylic acids is 1. The van der Waals surface area contributed by atoms with Crippen LogP contribution in [0.4, 0.5) is 5.69 Å². The van der Waals surface area contributed by atoms with Gasteiger partial charge in [0.05, 0.1) is 10.5 Å². The second-order valence-corrected chi connectivity index (χ2v) is 9.72. The van der Waals surface area contributed by atoms with Crippen molar-refractivity contribution in [3.8, 4) is 24.4 Å². The second kappa shape index (κ2) is 17.1. The summed E-state index contributed by atoms with van der Waals surface area (Å²) in [5, 5.41) is 27.9. The first-order valence-corrected chi connectivity index (χ1v) is 13.4. The molecule has 1 aromatic carbocycles. The van der Waals surface area contributed by atoms with E-state index >= 15 is 0 Å². The zero-order valence-electron chi connectivity index (χ0n) is 22.0. The molecule has 7 N–H and O–H groups in total. The molecule has 0 aromatic heterocycles. The molecule has 17 heteroatoms. The maximum absolute atomic E-state index is 13.2. The van der Waals surface area contributed by atoms with Crippen molar-refractivity contribution in [1.82, 2.24) is 21.4 Å². The number of hydrogen-bond acceptors (Lipinski definition) is 11. The maximum atomic E-state index is 13.2. The predicted molar refractivity (Wildman–Crippen MR) is 146 cm³/mol. The van der Waals surface area contributed by atoms with Crippen molar-refractivity contribution in [3.05, 3.63) is 33.9 Å². The van der Waals surface area contributed by atoms with E-state index in [9.17, 15) is 34.1 Å². The zero-order valence-corrected chi connectivity index (χ0v) is 22.9. The number of carbonyl (C=O) groups is 5. The van der Waals surface area contributed by atoms with Gasteiger partial charge in [0.1, 0.15) is 18.1 Å². The Hall–Kier alpha value is -4.84. The van der Waals surface area contributed by atoms with Crippen molar-refractivity contribution < 1.29 is 43.9 Å². The molecule has 1 aliphatic rings. The molecule has 1 aromatic rings. The van der Waals surface area contributed by atoms with Gasteiger partial charge in [-0.15, -0.1) is 18.2 Å². The van der Waals surface area contributed by atoms with Crippen molar-refractivity contribution in [1.29, 1.82) is 0 Å². The van der Waals surface area contributed by atoms with Gasteiger partial charge in [-0.2, -0.15) is 5.48 Å². The molecule has 0 radical (unpaired) electrons. The molecule has 2 rings (SSSR count). The summed E-state index contributed by atoms with van der Waals surface area (Å²) in [5.74, 6) is -0.586. The van der Waals surface area contributed by atoms with Crippen LogP contribution < -0.4 is 27.2 Å². The first kappa shape index (κ1) is 33.4. The van der Waals surface area contributed by atoms with Gasteiger partial charge in [-0.3, -0.25) is 39.0 Å². The fraction of sp³-hybridized carbons (Fsp3) is 0.400. The number of carboxylic acids is 1. The molecule has 42 heavy (non-hydrogen) atoms. The van der Waals surface area contributed by atoms with Crippen molar-refractivity contribution in [2.45, 2.75) is 55.1 Å². The van der Waals surface area contributed by atoms with E-state index < -0.39 is 64.8 Å². The highest BCUT2D eigenvalue weighted by Gasteiger charge is 2.31. The molecule has 0 aliphatic carbocycles. The Balaban J connectivity index is 2.30. The smallest absolute Gasteiger partial charge is 0.303 e. The van der Waals surface area contributed by atoms with Crippen LogP contribution in [0.15, 0.2) is 23.1 Å². The number of amides is 4. The lowest BCUT2D eigenvalue weighted by atomic mass is 10.1. The number of nitro benzene ring substituents is 1. The number of hydrogen-bond donors (Lipinski definition) is 6. The number of nitrogens with two attached hydrogens (primary N) is 1. The van der Waals surface area contributed by atoms with E-state index in [4.69, 9.17) is 17.3 Å². The number of benzene rings is 1. The van der Waals surface area contributed by atoms with Gasteiger partial charge < -0.3 is 26.8 Å². The highest BCUT2D eigenvalue weighted by atomic mass is 32.2. The van der Waals surface area contributed by atoms with Crippen molar-refractivity contribution in [3.63, 3.8) is 0 Å². The summed E-state index contributed by atoms with van der Waals surface area (Å²) in [6.45, 7) is 0.252. The average molecular weight is 605 g/mol. The van der Waals surface area contributed by atoms with Gasteiger partial charge in [-0.05, 0) is 37.7 Å². The first-order chi connectivity index (χ1) is 20.0. The van der Waals surface area contributed by atoms with Crippen LogP contribution in [0, 0.1) is 34.5 Å². The molecule has 4 amide bonds. The number of fused-ring (bicyclic) bond motifs is 1. The third-order valence-electron chi connectivity index (χ3n) is 5.67. The molecule has 0 saturated carbocycles. The van der Waals surface area contributed by atoms with E-state index in [1.165, 1.54) is 6.07 Å². The third-order valence-corrected chi connectivity index (χ3v) is 6.84. The molecule has 1 heterocycles. The van der Waals surface area contributed by atoms with Gasteiger partial charge in [0.25, 0.3) is 11.6 Å². The summed E-state index contributed by atoms with van der Waals surface area (Å²) in [5.41, 5.74) is 7.34. The van der Waals surface area contributed by atoms with Gasteiger partial charge in [0, 0.05) is 41.7 Å². The Bertz CT molecular complexity index is 1300. The molecule has 3 atom stereocenters. The minimum absolute atomic E-state index is 0.0711. The molecule has 16 nitrogen and oxygen atoms in total. The summed E-state index contributed by atoms with van der Waals surface area (Å²) < 4.78 is 0. The van der Waals surface area contributed by atoms with E-state index in [0.29, 0.717) is 12.8 Å². The number of hydroxylamine groups is 1. The van der Waals surface area contributed by atoms with Gasteiger partial charge in [-0.25, -0.2) is 0 Å². The lowest BCUT2D eigenvalue weighted by Gasteiger charge is -2.24. The van der Waals surface area contributed by atoms with E-state index in [1.807, 2.05) is 5.92 Å². The van der Waals surface area contributed by atoms with Crippen LogP contribution in [0.3, 0.4) is 0 Å². The average Bonchev–Trinajstić information content (AvgIpc) is 2.95. The summed E-state index contributed by atoms with van der Waals surface area (Å²) in [6.07, 6.45) is 7.00. The molecule has 0 bridgehead atoms. The standard InChI is InChI=1S/C25H28N6O10S/c1-2-3-12-40-41-27-11-5-4-6-17-24(36)30-19(22(26)34)14-42-20-9-7-15(31(38)39)13-16(20)23(35)28-18(25(37)29-17)8-10-21(32)33/h1,7,9,13,17-19,27H,4-6,8,10-11,14H2,(H2,26,34)(H,28,35)(H,29,37)(H,30,36)(H,32,33)/t17?,18?,19-/m0/s1. The number of primary amides is 1. The molecule has 0 spiro atoms. The number of unbranched alkanes of at least 4 members (excludes halogenated alkanes) is 1. The Morgan fingerprint density at radius 3 is 2.55 bits per heavy atom. The molecule has 2 unspecified atom stereocenters. The number of carboxylic acid groups (broad SMARTS) is 1. The number of terminal acetylenes is 1. The lowest BCUT2D eigenvalue weighted by molar-refractivity contribution is -0.384. The minimum atomic E-state index is -1.41. The van der Waals surface area contributed by atoms with Crippen LogP contribution >= 0.6 is 11.8 Å². The number of nitrogens with zero attached hydrogens (tertiary/aromatic N) is 1. The molecule has 0 saturated heterocycles. The van der Waals surface area contributed by atoms with E-state index in [0.717, 1.165) is 23.9 Å². The third kappa shape index (κ3) is 11.0. The van der Waals surface area contributed by atoms with E-state index in [1.54, 1.807) is 0 Å². The van der Waals surface area contributed by atoms with Crippen LogP contribution in [0.25, 0.3) is 0 Å². The molecule has 0 fully saturated rings. The Labute approximate surface area is 243 Å². The molecule has 1 aliphatic heterocycles. The van der Waals surface area contributed by atoms with Crippen LogP contribution in [0.5, 0.6) is 0 Å². The Morgan fingerprint density at radius 2 is 1.88 bits per heavy atom. The number of nitrogens with one attached hydrogen (secondary N) is 4. The zero-order chi connectivity index (χ0) is 31.1. The largest absolute Gasteiger partial charge is 0.481 e. The van der Waals surface area contributed by atoms with Gasteiger partial charge in [-0.1, -0.05) is 4.99 Å². The van der Waals surface area contributed by atoms with Gasteiger partial charge >= 0.3 is 5.97 Å². The van der Waals surface area contributed by atoms with Crippen LogP contribution in [0.2, 0.25) is 0 Å². The summed E-state index contributed by atoms with van der Waals surface area (Å²) >= 11 is 0.933. The molecule has 224 valence electrons. The van der Waals surface area contributed by atoms with E-state index in [2.05, 4.69) is 43.3 Å². The number of nitro groups is 1. The minimum Gasteiger partial charge on any atom is -0.481 e. The molecular formula is C25H28N6O10S.